The lowest BCUT2D eigenvalue weighted by Crippen LogP contribution is -2.27. The summed E-state index contributed by atoms with van der Waals surface area (Å²) in [5, 5.41) is 0. The lowest BCUT2D eigenvalue weighted by Gasteiger charge is -2.18. The third-order valence-corrected chi connectivity index (χ3v) is 4.41. The fraction of sp³-hybridized carbons (Fsp3) is 0.600. The molecule has 2 heterocycles. The molecule has 1 aromatic heterocycles. The van der Waals surface area contributed by atoms with E-state index in [1.807, 2.05) is 0 Å². The number of sulfone groups is 1. The molecule has 0 saturated heterocycles. The van der Waals surface area contributed by atoms with Crippen LogP contribution in [0, 0.1) is 0 Å². The van der Waals surface area contributed by atoms with Crippen LogP contribution in [-0.2, 0) is 28.4 Å². The Balaban J connectivity index is 2.45. The zero-order valence-corrected chi connectivity index (χ0v) is 10.2. The molecular weight excluding hydrogens is 242 g/mol. The molecule has 0 aromatic carbocycles. The van der Waals surface area contributed by atoms with E-state index in [4.69, 9.17) is 5.73 Å². The number of nitrogens with two attached hydrogens (primary N) is 1. The zero-order valence-electron chi connectivity index (χ0n) is 9.40. The lowest BCUT2D eigenvalue weighted by atomic mass is 10.1. The topological polar surface area (TPSA) is 106 Å². The Kier molecular flexibility index (Phi) is 3.30. The minimum Gasteiger partial charge on any atom is -0.330 e. The van der Waals surface area contributed by atoms with Gasteiger partial charge in [0.25, 0.3) is 0 Å². The van der Waals surface area contributed by atoms with Gasteiger partial charge >= 0.3 is 5.69 Å². The molecular formula is C10H15N3O3S. The van der Waals surface area contributed by atoms with Crippen molar-refractivity contribution in [1.29, 1.82) is 0 Å². The van der Waals surface area contributed by atoms with Crippen LogP contribution in [0.3, 0.4) is 0 Å². The van der Waals surface area contributed by atoms with Crippen LogP contribution < -0.4 is 11.4 Å². The first-order valence-electron chi connectivity index (χ1n) is 5.53. The van der Waals surface area contributed by atoms with Gasteiger partial charge in [0.15, 0.2) is 9.84 Å². The van der Waals surface area contributed by atoms with Crippen molar-refractivity contribution in [2.75, 3.05) is 12.3 Å². The van der Waals surface area contributed by atoms with Gasteiger partial charge in [-0.15, -0.1) is 0 Å². The van der Waals surface area contributed by atoms with Crippen LogP contribution in [0.1, 0.15) is 23.4 Å². The van der Waals surface area contributed by atoms with Crippen LogP contribution in [0.4, 0.5) is 0 Å². The minimum atomic E-state index is -3.05. The third-order valence-electron chi connectivity index (χ3n) is 2.85. The summed E-state index contributed by atoms with van der Waals surface area (Å²) in [6, 6.07) is 0. The molecule has 0 radical (unpaired) electrons. The molecule has 1 aliphatic heterocycles. The smallest absolute Gasteiger partial charge is 0.330 e. The maximum Gasteiger partial charge on any atom is 0.345 e. The highest BCUT2D eigenvalue weighted by Gasteiger charge is 2.25. The maximum absolute atomic E-state index is 11.6. The van der Waals surface area contributed by atoms with Crippen molar-refractivity contribution >= 4 is 9.84 Å². The van der Waals surface area contributed by atoms with Crippen molar-refractivity contribution in [2.24, 2.45) is 5.73 Å². The van der Waals surface area contributed by atoms with E-state index < -0.39 is 15.5 Å². The van der Waals surface area contributed by atoms with Gasteiger partial charge in [0.2, 0.25) is 0 Å². The zero-order chi connectivity index (χ0) is 12.5. The largest absolute Gasteiger partial charge is 0.345 e. The highest BCUT2D eigenvalue weighted by atomic mass is 32.2. The second-order valence-corrected chi connectivity index (χ2v) is 6.36. The number of hydrogen-bond donors (Lipinski definition) is 2. The van der Waals surface area contributed by atoms with E-state index in [9.17, 15) is 13.2 Å². The van der Waals surface area contributed by atoms with Gasteiger partial charge in [-0.05, 0) is 19.4 Å². The van der Waals surface area contributed by atoms with Gasteiger partial charge in [-0.25, -0.2) is 13.2 Å². The van der Waals surface area contributed by atoms with Gasteiger partial charge in [-0.1, -0.05) is 0 Å². The molecule has 7 heteroatoms. The fourth-order valence-electron chi connectivity index (χ4n) is 2.01. The van der Waals surface area contributed by atoms with E-state index in [-0.39, 0.29) is 11.5 Å². The van der Waals surface area contributed by atoms with Crippen LogP contribution in [0.2, 0.25) is 0 Å². The maximum atomic E-state index is 11.6. The fourth-order valence-corrected chi connectivity index (χ4v) is 3.45. The summed E-state index contributed by atoms with van der Waals surface area (Å²) in [5.41, 5.74) is 6.97. The average molecular weight is 257 g/mol. The SMILES string of the molecule is NCCCc1nc(=O)[nH]c2c1CS(=O)(=O)CC2. The third kappa shape index (κ3) is 2.73. The molecule has 0 saturated carbocycles. The molecule has 0 aliphatic carbocycles. The molecule has 0 spiro atoms. The summed E-state index contributed by atoms with van der Waals surface area (Å²) < 4.78 is 23.2. The normalized spacial score (nSPS) is 17.7. The first-order valence-corrected chi connectivity index (χ1v) is 7.35. The summed E-state index contributed by atoms with van der Waals surface area (Å²) in [5.74, 6) is 0.0717. The summed E-state index contributed by atoms with van der Waals surface area (Å²) >= 11 is 0. The predicted octanol–water partition coefficient (Wildman–Crippen LogP) is -0.868. The van der Waals surface area contributed by atoms with Crippen LogP contribution >= 0.6 is 0 Å². The van der Waals surface area contributed by atoms with Crippen LogP contribution in [0.5, 0.6) is 0 Å². The summed E-state index contributed by atoms with van der Waals surface area (Å²) in [4.78, 5) is 17.8. The van der Waals surface area contributed by atoms with E-state index in [2.05, 4.69) is 9.97 Å². The molecule has 94 valence electrons. The Morgan fingerprint density at radius 1 is 1.41 bits per heavy atom. The molecule has 6 nitrogen and oxygen atoms in total. The van der Waals surface area contributed by atoms with Gasteiger partial charge < -0.3 is 10.7 Å². The summed E-state index contributed by atoms with van der Waals surface area (Å²) in [7, 11) is -3.05. The summed E-state index contributed by atoms with van der Waals surface area (Å²) in [6.45, 7) is 0.496. The van der Waals surface area contributed by atoms with Gasteiger partial charge in [0.05, 0.1) is 17.2 Å². The van der Waals surface area contributed by atoms with E-state index in [1.54, 1.807) is 0 Å². The van der Waals surface area contributed by atoms with E-state index >= 15 is 0 Å². The Labute approximate surface area is 99.2 Å². The van der Waals surface area contributed by atoms with Crippen LogP contribution in [0.25, 0.3) is 0 Å². The number of rotatable bonds is 3. The number of aryl methyl sites for hydroxylation is 2. The second kappa shape index (κ2) is 4.58. The Hall–Kier alpha value is -1.21. The molecule has 1 aromatic rings. The lowest BCUT2D eigenvalue weighted by molar-refractivity contribution is 0.589. The molecule has 0 fully saturated rings. The van der Waals surface area contributed by atoms with Crippen molar-refractivity contribution in [1.82, 2.24) is 9.97 Å². The first-order chi connectivity index (χ1) is 8.02. The predicted molar refractivity (Wildman–Crippen MR) is 63.4 cm³/mol. The van der Waals surface area contributed by atoms with E-state index in [1.165, 1.54) is 0 Å². The molecule has 17 heavy (non-hydrogen) atoms. The van der Waals surface area contributed by atoms with Crippen LogP contribution in [0.15, 0.2) is 4.79 Å². The molecule has 1 aliphatic rings. The van der Waals surface area contributed by atoms with Gasteiger partial charge in [0.1, 0.15) is 0 Å². The number of nitrogens with one attached hydrogen (secondary N) is 1. The average Bonchev–Trinajstić information content (AvgIpc) is 2.26. The standard InChI is InChI=1S/C10H15N3O3S/c11-4-1-2-8-7-6-17(15,16)5-3-9(7)13-10(14)12-8/h1-6,11H2,(H,12,13,14). The number of nitrogens with zero attached hydrogens (tertiary/aromatic N) is 1. The molecule has 3 N–H and O–H groups in total. The highest BCUT2D eigenvalue weighted by Crippen LogP contribution is 2.20. The Morgan fingerprint density at radius 2 is 2.18 bits per heavy atom. The number of H-pyrrole nitrogens is 1. The monoisotopic (exact) mass is 257 g/mol. The van der Waals surface area contributed by atoms with Crippen molar-refractivity contribution in [2.45, 2.75) is 25.0 Å². The van der Waals surface area contributed by atoms with Gasteiger partial charge in [-0.2, -0.15) is 4.98 Å². The van der Waals surface area contributed by atoms with Crippen LogP contribution in [-0.4, -0.2) is 30.7 Å². The quantitative estimate of drug-likeness (QED) is 0.732. The Bertz CT molecular complexity index is 577. The molecule has 2 rings (SSSR count). The van der Waals surface area contributed by atoms with E-state index in [0.29, 0.717) is 42.8 Å². The number of hydrogen-bond acceptors (Lipinski definition) is 5. The van der Waals surface area contributed by atoms with Crippen molar-refractivity contribution in [3.8, 4) is 0 Å². The summed E-state index contributed by atoms with van der Waals surface area (Å²) in [6.07, 6.45) is 1.62. The number of fused-ring (bicyclic) bond motifs is 1. The van der Waals surface area contributed by atoms with Crippen molar-refractivity contribution in [3.05, 3.63) is 27.4 Å². The van der Waals surface area contributed by atoms with Crippen molar-refractivity contribution < 1.29 is 8.42 Å². The van der Waals surface area contributed by atoms with Crippen molar-refractivity contribution in [3.63, 3.8) is 0 Å². The molecule has 0 atom stereocenters. The molecule has 0 amide bonds. The van der Waals surface area contributed by atoms with Gasteiger partial charge in [0, 0.05) is 17.7 Å². The second-order valence-electron chi connectivity index (χ2n) is 4.18. The Morgan fingerprint density at radius 3 is 2.88 bits per heavy atom. The number of aromatic amines is 1. The van der Waals surface area contributed by atoms with Gasteiger partial charge in [-0.3, -0.25) is 0 Å². The minimum absolute atomic E-state index is 0.0218. The number of aromatic nitrogens is 2. The van der Waals surface area contributed by atoms with E-state index in [0.717, 1.165) is 0 Å². The first kappa shape index (κ1) is 12.3. The molecule has 0 unspecified atom stereocenters. The molecule has 0 bridgehead atoms. The highest BCUT2D eigenvalue weighted by molar-refractivity contribution is 7.90.